The number of alkyl halides is 3. The van der Waals surface area contributed by atoms with E-state index >= 15 is 0 Å². The Morgan fingerprint density at radius 3 is 2.32 bits per heavy atom. The molecule has 0 aliphatic heterocycles. The van der Waals surface area contributed by atoms with Crippen LogP contribution in [0, 0.1) is 5.92 Å². The van der Waals surface area contributed by atoms with Gasteiger partial charge < -0.3 is 24.5 Å². The highest BCUT2D eigenvalue weighted by Crippen LogP contribution is 2.30. The van der Waals surface area contributed by atoms with Gasteiger partial charge in [-0.15, -0.1) is 5.10 Å². The van der Waals surface area contributed by atoms with Crippen LogP contribution in [0.5, 0.6) is 5.75 Å². The molecule has 1 heterocycles. The predicted molar refractivity (Wildman–Crippen MR) is 130 cm³/mol. The maximum Gasteiger partial charge on any atom is 0.416 e. The third-order valence-electron chi connectivity index (χ3n) is 6.05. The summed E-state index contributed by atoms with van der Waals surface area (Å²) in [6.07, 6.45) is -1.43. The lowest BCUT2D eigenvalue weighted by Gasteiger charge is -2.27. The summed E-state index contributed by atoms with van der Waals surface area (Å²) in [7, 11) is 0. The van der Waals surface area contributed by atoms with Gasteiger partial charge in [-0.05, 0) is 74.6 Å². The van der Waals surface area contributed by atoms with Crippen LogP contribution < -0.4 is 15.4 Å². The molecule has 12 heteroatoms. The van der Waals surface area contributed by atoms with E-state index in [0.717, 1.165) is 37.8 Å². The molecule has 0 spiro atoms. The van der Waals surface area contributed by atoms with E-state index in [4.69, 9.17) is 13.9 Å². The molecule has 1 amide bonds. The van der Waals surface area contributed by atoms with Crippen molar-refractivity contribution in [1.29, 1.82) is 0 Å². The summed E-state index contributed by atoms with van der Waals surface area (Å²) in [6, 6.07) is 11.4. The summed E-state index contributed by atoms with van der Waals surface area (Å²) in [6.45, 7) is 2.31. The highest BCUT2D eigenvalue weighted by molar-refractivity contribution is 6.00. The third kappa shape index (κ3) is 7.24. The molecule has 1 fully saturated rings. The Labute approximate surface area is 216 Å². The maximum atomic E-state index is 12.7. The number of anilines is 2. The molecule has 0 radical (unpaired) electrons. The molecule has 0 unspecified atom stereocenters. The van der Waals surface area contributed by atoms with Gasteiger partial charge in [-0.3, -0.25) is 9.59 Å². The standard InChI is InChI=1S/C26H27F3N4O5/c1-2-36-24(35)17-5-11-20(12-6-17)37-21-13-9-19(10-14-21)31-22(34)23-32-33-25(38-23)30-15-16-3-7-18(8-4-16)26(27,28)29/h3-4,7-10,13-14,17,20H,2,5-6,11-12,15H2,1H3,(H,30,33)(H,31,34). The number of carbonyl (C=O) groups is 2. The van der Waals surface area contributed by atoms with Crippen molar-refractivity contribution in [2.24, 2.45) is 5.92 Å². The van der Waals surface area contributed by atoms with E-state index in [1.807, 2.05) is 0 Å². The first-order valence-corrected chi connectivity index (χ1v) is 12.2. The highest BCUT2D eigenvalue weighted by atomic mass is 19.4. The van der Waals surface area contributed by atoms with Crippen LogP contribution in [0.3, 0.4) is 0 Å². The molecule has 0 atom stereocenters. The normalized spacial score (nSPS) is 17.5. The lowest BCUT2D eigenvalue weighted by Crippen LogP contribution is -2.29. The molecule has 4 rings (SSSR count). The Bertz CT molecular complexity index is 1220. The van der Waals surface area contributed by atoms with E-state index in [1.54, 1.807) is 31.2 Å². The van der Waals surface area contributed by atoms with Gasteiger partial charge in [0.15, 0.2) is 0 Å². The van der Waals surface area contributed by atoms with Crippen LogP contribution in [0.2, 0.25) is 0 Å². The fourth-order valence-corrected chi connectivity index (χ4v) is 4.05. The third-order valence-corrected chi connectivity index (χ3v) is 6.05. The van der Waals surface area contributed by atoms with Gasteiger partial charge in [0.2, 0.25) is 0 Å². The number of ether oxygens (including phenoxy) is 2. The first-order valence-electron chi connectivity index (χ1n) is 12.2. The average Bonchev–Trinajstić information content (AvgIpc) is 3.38. The zero-order valence-electron chi connectivity index (χ0n) is 20.6. The molecule has 2 aromatic carbocycles. The van der Waals surface area contributed by atoms with Crippen molar-refractivity contribution in [1.82, 2.24) is 10.2 Å². The number of rotatable bonds is 9. The lowest BCUT2D eigenvalue weighted by molar-refractivity contribution is -0.149. The quantitative estimate of drug-likeness (QED) is 0.350. The topological polar surface area (TPSA) is 116 Å². The number of hydrogen-bond acceptors (Lipinski definition) is 8. The Morgan fingerprint density at radius 1 is 1.00 bits per heavy atom. The molecule has 3 aromatic rings. The Morgan fingerprint density at radius 2 is 1.68 bits per heavy atom. The Balaban J connectivity index is 1.23. The Kier molecular flexibility index (Phi) is 8.49. The van der Waals surface area contributed by atoms with Crippen molar-refractivity contribution in [3.63, 3.8) is 0 Å². The van der Waals surface area contributed by atoms with Crippen LogP contribution in [-0.4, -0.2) is 34.8 Å². The van der Waals surface area contributed by atoms with Crippen molar-refractivity contribution < 1.29 is 36.7 Å². The smallest absolute Gasteiger partial charge is 0.416 e. The number of benzene rings is 2. The molecule has 38 heavy (non-hydrogen) atoms. The van der Waals surface area contributed by atoms with Gasteiger partial charge in [0.1, 0.15) is 5.75 Å². The molecular formula is C26H27F3N4O5. The number of halogens is 3. The summed E-state index contributed by atoms with van der Waals surface area (Å²) in [5, 5.41) is 12.9. The molecular weight excluding hydrogens is 505 g/mol. The van der Waals surface area contributed by atoms with E-state index < -0.39 is 17.6 Å². The molecule has 1 saturated carbocycles. The summed E-state index contributed by atoms with van der Waals surface area (Å²) in [4.78, 5) is 24.3. The highest BCUT2D eigenvalue weighted by Gasteiger charge is 2.30. The van der Waals surface area contributed by atoms with Crippen molar-refractivity contribution in [2.45, 2.75) is 51.4 Å². The van der Waals surface area contributed by atoms with Crippen LogP contribution in [-0.2, 0) is 22.3 Å². The van der Waals surface area contributed by atoms with E-state index in [2.05, 4.69) is 20.8 Å². The number of nitrogens with zero attached hydrogens (tertiary/aromatic N) is 2. The molecule has 1 aliphatic rings. The van der Waals surface area contributed by atoms with E-state index in [-0.39, 0.29) is 36.4 Å². The lowest BCUT2D eigenvalue weighted by atomic mass is 9.87. The largest absolute Gasteiger partial charge is 0.490 e. The minimum absolute atomic E-state index is 0.00741. The summed E-state index contributed by atoms with van der Waals surface area (Å²) >= 11 is 0. The molecule has 202 valence electrons. The first kappa shape index (κ1) is 27.0. The van der Waals surface area contributed by atoms with Crippen LogP contribution >= 0.6 is 0 Å². The number of carbonyl (C=O) groups excluding carboxylic acids is 2. The molecule has 2 N–H and O–H groups in total. The summed E-state index contributed by atoms with van der Waals surface area (Å²) < 4.78 is 54.4. The minimum Gasteiger partial charge on any atom is -0.490 e. The van der Waals surface area contributed by atoms with E-state index in [1.165, 1.54) is 12.1 Å². The average molecular weight is 533 g/mol. The van der Waals surface area contributed by atoms with Gasteiger partial charge in [-0.2, -0.15) is 13.2 Å². The van der Waals surface area contributed by atoms with E-state index in [0.29, 0.717) is 23.6 Å². The van der Waals surface area contributed by atoms with Gasteiger partial charge in [0, 0.05) is 12.2 Å². The molecule has 1 aromatic heterocycles. The number of aromatic nitrogens is 2. The molecule has 9 nitrogen and oxygen atoms in total. The maximum absolute atomic E-state index is 12.7. The number of amides is 1. The monoisotopic (exact) mass is 532 g/mol. The van der Waals surface area contributed by atoms with E-state index in [9.17, 15) is 22.8 Å². The predicted octanol–water partition coefficient (Wildman–Crippen LogP) is 5.45. The van der Waals surface area contributed by atoms with Gasteiger partial charge in [0.05, 0.1) is 24.2 Å². The molecule has 0 bridgehead atoms. The van der Waals surface area contributed by atoms with Crippen molar-refractivity contribution >= 4 is 23.6 Å². The minimum atomic E-state index is -4.40. The second-order valence-electron chi connectivity index (χ2n) is 8.78. The Hall–Kier alpha value is -4.09. The van der Waals surface area contributed by atoms with Gasteiger partial charge in [0.25, 0.3) is 0 Å². The second kappa shape index (κ2) is 12.0. The fourth-order valence-electron chi connectivity index (χ4n) is 4.05. The van der Waals surface area contributed by atoms with Crippen LogP contribution in [0.1, 0.15) is 54.4 Å². The number of esters is 1. The second-order valence-corrected chi connectivity index (χ2v) is 8.78. The molecule has 0 saturated heterocycles. The van der Waals surface area contributed by atoms with Crippen LogP contribution in [0.15, 0.2) is 52.9 Å². The first-order chi connectivity index (χ1) is 18.2. The summed E-state index contributed by atoms with van der Waals surface area (Å²) in [5.41, 5.74) is 0.318. The summed E-state index contributed by atoms with van der Waals surface area (Å²) in [5.74, 6) is -0.466. The molecule has 1 aliphatic carbocycles. The number of hydrogen-bond donors (Lipinski definition) is 2. The zero-order chi connectivity index (χ0) is 27.1. The SMILES string of the molecule is CCOC(=O)C1CCC(Oc2ccc(NC(=O)c3nnc(NCc4ccc(C(F)(F)F)cc4)o3)cc2)CC1. The van der Waals surface area contributed by atoms with Crippen LogP contribution in [0.25, 0.3) is 0 Å². The van der Waals surface area contributed by atoms with Gasteiger partial charge >= 0.3 is 30.0 Å². The van der Waals surface area contributed by atoms with Crippen molar-refractivity contribution in [2.75, 3.05) is 17.2 Å². The van der Waals surface area contributed by atoms with Crippen molar-refractivity contribution in [3.8, 4) is 5.75 Å². The fraction of sp³-hybridized carbons (Fsp3) is 0.385. The van der Waals surface area contributed by atoms with Crippen molar-refractivity contribution in [3.05, 3.63) is 65.5 Å². The zero-order valence-corrected chi connectivity index (χ0v) is 20.6. The number of nitrogens with one attached hydrogen (secondary N) is 2. The van der Waals surface area contributed by atoms with Crippen LogP contribution in [0.4, 0.5) is 24.9 Å². The van der Waals surface area contributed by atoms with Gasteiger partial charge in [-0.25, -0.2) is 0 Å². The van der Waals surface area contributed by atoms with Gasteiger partial charge in [-0.1, -0.05) is 17.2 Å².